The van der Waals surface area contributed by atoms with E-state index in [2.05, 4.69) is 49.9 Å². The van der Waals surface area contributed by atoms with Gasteiger partial charge in [0.15, 0.2) is 0 Å². The summed E-state index contributed by atoms with van der Waals surface area (Å²) in [6, 6.07) is 12.2. The molecule has 0 radical (unpaired) electrons. The van der Waals surface area contributed by atoms with E-state index in [-0.39, 0.29) is 12.1 Å². The standard InChI is InChI=1S/C23H32N2O3/c1-15-9-21(10-16(2)18(15)4)28-23-13-25(12-22(23)26)11-19-5-7-20(8-6-19)27-14-17(3)24/h5-10,17,22-23,26H,11-14,24H2,1-4H3/t17-,22+,23+/m1/s1. The van der Waals surface area contributed by atoms with E-state index in [1.807, 2.05) is 19.1 Å². The molecule has 0 aliphatic carbocycles. The molecule has 3 atom stereocenters. The van der Waals surface area contributed by atoms with Crippen LogP contribution in [-0.2, 0) is 6.54 Å². The predicted molar refractivity (Wildman–Crippen MR) is 112 cm³/mol. The quantitative estimate of drug-likeness (QED) is 0.768. The van der Waals surface area contributed by atoms with Gasteiger partial charge in [-0.25, -0.2) is 0 Å². The summed E-state index contributed by atoms with van der Waals surface area (Å²) < 4.78 is 11.7. The average Bonchev–Trinajstić information content (AvgIpc) is 2.98. The van der Waals surface area contributed by atoms with Crippen molar-refractivity contribution in [2.24, 2.45) is 5.73 Å². The predicted octanol–water partition coefficient (Wildman–Crippen LogP) is 2.96. The molecule has 2 aromatic carbocycles. The molecule has 1 aliphatic heterocycles. The number of nitrogens with two attached hydrogens (primary N) is 1. The Morgan fingerprint density at radius 2 is 1.71 bits per heavy atom. The van der Waals surface area contributed by atoms with Gasteiger partial charge in [-0.3, -0.25) is 4.90 Å². The van der Waals surface area contributed by atoms with Gasteiger partial charge >= 0.3 is 0 Å². The highest BCUT2D eigenvalue weighted by atomic mass is 16.5. The van der Waals surface area contributed by atoms with Gasteiger partial charge in [0.25, 0.3) is 0 Å². The van der Waals surface area contributed by atoms with Gasteiger partial charge in [-0.1, -0.05) is 12.1 Å². The molecule has 0 amide bonds. The van der Waals surface area contributed by atoms with Crippen LogP contribution in [0.3, 0.4) is 0 Å². The van der Waals surface area contributed by atoms with Gasteiger partial charge in [-0.15, -0.1) is 0 Å². The van der Waals surface area contributed by atoms with E-state index in [4.69, 9.17) is 15.2 Å². The fourth-order valence-electron chi connectivity index (χ4n) is 3.49. The highest BCUT2D eigenvalue weighted by Gasteiger charge is 2.33. The van der Waals surface area contributed by atoms with Crippen LogP contribution in [0.2, 0.25) is 0 Å². The SMILES string of the molecule is Cc1cc(O[C@H]2CN(Cc3ccc(OC[C@@H](C)N)cc3)C[C@@H]2O)cc(C)c1C. The number of benzene rings is 2. The van der Waals surface area contributed by atoms with Crippen molar-refractivity contribution >= 4 is 0 Å². The van der Waals surface area contributed by atoms with Crippen molar-refractivity contribution in [1.82, 2.24) is 4.90 Å². The molecule has 152 valence electrons. The Kier molecular flexibility index (Phi) is 6.60. The fourth-order valence-corrected chi connectivity index (χ4v) is 3.49. The third-order valence-corrected chi connectivity index (χ3v) is 5.34. The second-order valence-electron chi connectivity index (χ2n) is 8.03. The molecule has 0 saturated carbocycles. The Labute approximate surface area is 168 Å². The fraction of sp³-hybridized carbons (Fsp3) is 0.478. The van der Waals surface area contributed by atoms with Crippen molar-refractivity contribution in [3.63, 3.8) is 0 Å². The highest BCUT2D eigenvalue weighted by molar-refractivity contribution is 5.40. The number of β-amino-alcohol motifs (C(OH)–C–C–N with tert-alkyl or cyclic N) is 1. The van der Waals surface area contributed by atoms with Crippen LogP contribution in [0.4, 0.5) is 0 Å². The van der Waals surface area contributed by atoms with Crippen molar-refractivity contribution in [2.45, 2.75) is 52.5 Å². The molecule has 5 nitrogen and oxygen atoms in total. The Balaban J connectivity index is 1.56. The van der Waals surface area contributed by atoms with Crippen LogP contribution < -0.4 is 15.2 Å². The molecule has 1 aliphatic rings. The monoisotopic (exact) mass is 384 g/mol. The van der Waals surface area contributed by atoms with Crippen molar-refractivity contribution < 1.29 is 14.6 Å². The van der Waals surface area contributed by atoms with Crippen LogP contribution in [0.15, 0.2) is 36.4 Å². The third-order valence-electron chi connectivity index (χ3n) is 5.34. The van der Waals surface area contributed by atoms with Gasteiger partial charge in [0.1, 0.15) is 30.3 Å². The molecule has 0 aromatic heterocycles. The van der Waals surface area contributed by atoms with E-state index in [1.165, 1.54) is 22.3 Å². The molecular formula is C23H32N2O3. The maximum Gasteiger partial charge on any atom is 0.138 e. The Morgan fingerprint density at radius 3 is 2.32 bits per heavy atom. The molecule has 0 spiro atoms. The molecule has 1 heterocycles. The molecule has 3 N–H and O–H groups in total. The van der Waals surface area contributed by atoms with E-state index >= 15 is 0 Å². The van der Waals surface area contributed by atoms with Crippen LogP contribution in [0.25, 0.3) is 0 Å². The number of aryl methyl sites for hydroxylation is 2. The van der Waals surface area contributed by atoms with Gasteiger partial charge in [0, 0.05) is 25.7 Å². The molecule has 5 heteroatoms. The first-order valence-corrected chi connectivity index (χ1v) is 9.94. The van der Waals surface area contributed by atoms with E-state index in [0.29, 0.717) is 19.7 Å². The number of aliphatic hydroxyl groups is 1. The summed E-state index contributed by atoms with van der Waals surface area (Å²) >= 11 is 0. The number of aliphatic hydroxyl groups excluding tert-OH is 1. The van der Waals surface area contributed by atoms with Crippen LogP contribution in [0.5, 0.6) is 11.5 Å². The summed E-state index contributed by atoms with van der Waals surface area (Å²) in [6.45, 7) is 10.8. The highest BCUT2D eigenvalue weighted by Crippen LogP contribution is 2.25. The molecule has 1 saturated heterocycles. The first kappa shape index (κ1) is 20.6. The minimum absolute atomic E-state index is 0.0174. The van der Waals surface area contributed by atoms with Crippen LogP contribution in [-0.4, -0.2) is 48.0 Å². The Hall–Kier alpha value is -2.08. The summed E-state index contributed by atoms with van der Waals surface area (Å²) in [4.78, 5) is 2.22. The molecule has 1 fully saturated rings. The van der Waals surface area contributed by atoms with Gasteiger partial charge in [0.05, 0.1) is 0 Å². The smallest absolute Gasteiger partial charge is 0.138 e. The zero-order valence-electron chi connectivity index (χ0n) is 17.3. The molecule has 2 aromatic rings. The second kappa shape index (κ2) is 8.95. The summed E-state index contributed by atoms with van der Waals surface area (Å²) in [5, 5.41) is 10.5. The summed E-state index contributed by atoms with van der Waals surface area (Å²) in [5.41, 5.74) is 10.6. The normalized spacial score (nSPS) is 20.9. The van der Waals surface area contributed by atoms with E-state index in [9.17, 15) is 5.11 Å². The Morgan fingerprint density at radius 1 is 1.07 bits per heavy atom. The van der Waals surface area contributed by atoms with E-state index in [0.717, 1.165) is 18.0 Å². The zero-order valence-corrected chi connectivity index (χ0v) is 17.3. The first-order chi connectivity index (χ1) is 13.3. The molecular weight excluding hydrogens is 352 g/mol. The number of rotatable bonds is 7. The van der Waals surface area contributed by atoms with E-state index < -0.39 is 6.10 Å². The van der Waals surface area contributed by atoms with Crippen molar-refractivity contribution in [3.05, 3.63) is 58.7 Å². The van der Waals surface area contributed by atoms with Gasteiger partial charge in [-0.05, 0) is 74.2 Å². The van der Waals surface area contributed by atoms with Crippen molar-refractivity contribution in [2.75, 3.05) is 19.7 Å². The van der Waals surface area contributed by atoms with Crippen LogP contribution >= 0.6 is 0 Å². The lowest BCUT2D eigenvalue weighted by atomic mass is 10.0. The van der Waals surface area contributed by atoms with Gasteiger partial charge in [0.2, 0.25) is 0 Å². The third kappa shape index (κ3) is 5.25. The summed E-state index contributed by atoms with van der Waals surface area (Å²) in [7, 11) is 0. The largest absolute Gasteiger partial charge is 0.492 e. The topological polar surface area (TPSA) is 68.0 Å². The van der Waals surface area contributed by atoms with Crippen LogP contribution in [0.1, 0.15) is 29.2 Å². The molecule has 28 heavy (non-hydrogen) atoms. The Bertz CT molecular complexity index is 766. The zero-order chi connectivity index (χ0) is 20.3. The minimum atomic E-state index is -0.490. The van der Waals surface area contributed by atoms with Crippen LogP contribution in [0, 0.1) is 20.8 Å². The van der Waals surface area contributed by atoms with Crippen molar-refractivity contribution in [1.29, 1.82) is 0 Å². The lowest BCUT2D eigenvalue weighted by Crippen LogP contribution is -2.30. The molecule has 0 unspecified atom stereocenters. The second-order valence-corrected chi connectivity index (χ2v) is 8.03. The maximum absolute atomic E-state index is 10.5. The van der Waals surface area contributed by atoms with Gasteiger partial charge in [-0.2, -0.15) is 0 Å². The minimum Gasteiger partial charge on any atom is -0.492 e. The molecule has 0 bridgehead atoms. The lowest BCUT2D eigenvalue weighted by Gasteiger charge is -2.19. The number of likely N-dealkylation sites (tertiary alicyclic amines) is 1. The lowest BCUT2D eigenvalue weighted by molar-refractivity contribution is 0.0736. The number of nitrogens with zero attached hydrogens (tertiary/aromatic N) is 1. The van der Waals surface area contributed by atoms with Crippen molar-refractivity contribution in [3.8, 4) is 11.5 Å². The average molecular weight is 385 g/mol. The summed E-state index contributed by atoms with van der Waals surface area (Å²) in [5.74, 6) is 1.66. The number of hydrogen-bond donors (Lipinski definition) is 2. The molecule has 3 rings (SSSR count). The maximum atomic E-state index is 10.5. The first-order valence-electron chi connectivity index (χ1n) is 9.94. The van der Waals surface area contributed by atoms with E-state index in [1.54, 1.807) is 0 Å². The number of ether oxygens (including phenoxy) is 2. The summed E-state index contributed by atoms with van der Waals surface area (Å²) in [6.07, 6.45) is -0.703. The number of hydrogen-bond acceptors (Lipinski definition) is 5. The van der Waals surface area contributed by atoms with Gasteiger partial charge < -0.3 is 20.3 Å².